The van der Waals surface area contributed by atoms with Crippen molar-refractivity contribution >= 4 is 0 Å². The SMILES string of the molecule is CCc1c(CO)nnn1CCOc1cccc(C)c1. The Hall–Kier alpha value is -1.88. The molecule has 1 aromatic carbocycles. The van der Waals surface area contributed by atoms with Gasteiger partial charge in [-0.05, 0) is 31.0 Å². The van der Waals surface area contributed by atoms with Crippen LogP contribution in [0.3, 0.4) is 0 Å². The second-order valence-electron chi connectivity index (χ2n) is 4.38. The standard InChI is InChI=1S/C14H19N3O2/c1-3-14-13(10-18)15-16-17(14)7-8-19-12-6-4-5-11(2)9-12/h4-6,9,18H,3,7-8,10H2,1-2H3. The van der Waals surface area contributed by atoms with E-state index in [2.05, 4.69) is 10.3 Å². The van der Waals surface area contributed by atoms with Gasteiger partial charge in [0.15, 0.2) is 0 Å². The maximum Gasteiger partial charge on any atom is 0.119 e. The molecule has 19 heavy (non-hydrogen) atoms. The van der Waals surface area contributed by atoms with Gasteiger partial charge in [0.25, 0.3) is 0 Å². The smallest absolute Gasteiger partial charge is 0.119 e. The number of benzene rings is 1. The van der Waals surface area contributed by atoms with Gasteiger partial charge < -0.3 is 9.84 Å². The van der Waals surface area contributed by atoms with Crippen molar-refractivity contribution in [2.24, 2.45) is 0 Å². The van der Waals surface area contributed by atoms with E-state index in [9.17, 15) is 0 Å². The van der Waals surface area contributed by atoms with E-state index < -0.39 is 0 Å². The molecule has 0 spiro atoms. The topological polar surface area (TPSA) is 60.2 Å². The summed E-state index contributed by atoms with van der Waals surface area (Å²) < 4.78 is 7.48. The third-order valence-electron chi connectivity index (χ3n) is 2.96. The van der Waals surface area contributed by atoms with Crippen LogP contribution in [0.2, 0.25) is 0 Å². The van der Waals surface area contributed by atoms with Crippen molar-refractivity contribution in [3.8, 4) is 5.75 Å². The Morgan fingerprint density at radius 2 is 2.21 bits per heavy atom. The van der Waals surface area contributed by atoms with Crippen LogP contribution in [0.1, 0.15) is 23.9 Å². The van der Waals surface area contributed by atoms with Crippen molar-refractivity contribution in [3.63, 3.8) is 0 Å². The lowest BCUT2D eigenvalue weighted by molar-refractivity contribution is 0.274. The van der Waals surface area contributed by atoms with Gasteiger partial charge in [-0.1, -0.05) is 24.3 Å². The minimum absolute atomic E-state index is 0.0675. The summed E-state index contributed by atoms with van der Waals surface area (Å²) in [5, 5.41) is 17.1. The van der Waals surface area contributed by atoms with Crippen LogP contribution in [0.15, 0.2) is 24.3 Å². The first-order valence-electron chi connectivity index (χ1n) is 6.46. The van der Waals surface area contributed by atoms with Gasteiger partial charge in [0.1, 0.15) is 18.1 Å². The highest BCUT2D eigenvalue weighted by atomic mass is 16.5. The summed E-state index contributed by atoms with van der Waals surface area (Å²) in [6, 6.07) is 7.95. The molecule has 0 bridgehead atoms. The Morgan fingerprint density at radius 3 is 2.89 bits per heavy atom. The molecule has 5 nitrogen and oxygen atoms in total. The van der Waals surface area contributed by atoms with Gasteiger partial charge in [-0.15, -0.1) is 5.10 Å². The van der Waals surface area contributed by atoms with Crippen LogP contribution in [0.4, 0.5) is 0 Å². The number of aromatic nitrogens is 3. The molecule has 2 aromatic rings. The minimum Gasteiger partial charge on any atom is -0.492 e. The van der Waals surface area contributed by atoms with Crippen molar-refractivity contribution in [3.05, 3.63) is 41.2 Å². The lowest BCUT2D eigenvalue weighted by Gasteiger charge is -2.08. The summed E-state index contributed by atoms with van der Waals surface area (Å²) >= 11 is 0. The molecule has 0 unspecified atom stereocenters. The first-order valence-corrected chi connectivity index (χ1v) is 6.46. The molecule has 2 rings (SSSR count). The Morgan fingerprint density at radius 1 is 1.37 bits per heavy atom. The molecule has 0 fully saturated rings. The fraction of sp³-hybridized carbons (Fsp3) is 0.429. The fourth-order valence-electron chi connectivity index (χ4n) is 2.01. The molecule has 1 N–H and O–H groups in total. The van der Waals surface area contributed by atoms with E-state index in [1.54, 1.807) is 4.68 Å². The quantitative estimate of drug-likeness (QED) is 0.860. The molecule has 0 amide bonds. The molecule has 102 valence electrons. The summed E-state index contributed by atoms with van der Waals surface area (Å²) in [4.78, 5) is 0. The molecule has 0 radical (unpaired) electrons. The second kappa shape index (κ2) is 6.33. The summed E-state index contributed by atoms with van der Waals surface area (Å²) in [5.74, 6) is 0.862. The van der Waals surface area contributed by atoms with Crippen molar-refractivity contribution in [1.82, 2.24) is 15.0 Å². The molecule has 0 atom stereocenters. The lowest BCUT2D eigenvalue weighted by atomic mass is 10.2. The number of rotatable bonds is 6. The first kappa shape index (κ1) is 13.5. The van der Waals surface area contributed by atoms with Crippen molar-refractivity contribution in [1.29, 1.82) is 0 Å². The third kappa shape index (κ3) is 3.32. The Balaban J connectivity index is 1.94. The number of aryl methyl sites for hydroxylation is 1. The second-order valence-corrected chi connectivity index (χ2v) is 4.38. The third-order valence-corrected chi connectivity index (χ3v) is 2.96. The van der Waals surface area contributed by atoms with E-state index in [0.717, 1.165) is 17.9 Å². The van der Waals surface area contributed by atoms with Crippen LogP contribution < -0.4 is 4.74 Å². The average molecular weight is 261 g/mol. The van der Waals surface area contributed by atoms with Gasteiger partial charge in [-0.3, -0.25) is 0 Å². The minimum atomic E-state index is -0.0675. The van der Waals surface area contributed by atoms with Crippen LogP contribution in [0.25, 0.3) is 0 Å². The lowest BCUT2D eigenvalue weighted by Crippen LogP contribution is -2.12. The molecule has 5 heteroatoms. The van der Waals surface area contributed by atoms with E-state index >= 15 is 0 Å². The number of hydrogen-bond donors (Lipinski definition) is 1. The van der Waals surface area contributed by atoms with Crippen molar-refractivity contribution < 1.29 is 9.84 Å². The number of hydrogen-bond acceptors (Lipinski definition) is 4. The fourth-order valence-corrected chi connectivity index (χ4v) is 2.01. The molecule has 1 heterocycles. The average Bonchev–Trinajstić information content (AvgIpc) is 2.81. The van der Waals surface area contributed by atoms with E-state index in [1.807, 2.05) is 38.1 Å². The Bertz CT molecular complexity index is 537. The van der Waals surface area contributed by atoms with E-state index in [1.165, 1.54) is 5.56 Å². The zero-order valence-corrected chi connectivity index (χ0v) is 11.3. The van der Waals surface area contributed by atoms with Gasteiger partial charge in [-0.2, -0.15) is 0 Å². The van der Waals surface area contributed by atoms with Gasteiger partial charge in [0.2, 0.25) is 0 Å². The summed E-state index contributed by atoms with van der Waals surface area (Å²) in [7, 11) is 0. The predicted molar refractivity (Wildman–Crippen MR) is 72.0 cm³/mol. The van der Waals surface area contributed by atoms with Gasteiger partial charge in [-0.25, -0.2) is 4.68 Å². The molecular weight excluding hydrogens is 242 g/mol. The van der Waals surface area contributed by atoms with Crippen LogP contribution in [0.5, 0.6) is 5.75 Å². The van der Waals surface area contributed by atoms with Crippen LogP contribution >= 0.6 is 0 Å². The van der Waals surface area contributed by atoms with Gasteiger partial charge >= 0.3 is 0 Å². The van der Waals surface area contributed by atoms with E-state index in [0.29, 0.717) is 18.8 Å². The summed E-state index contributed by atoms with van der Waals surface area (Å²) in [5.41, 5.74) is 2.79. The molecule has 0 saturated carbocycles. The van der Waals surface area contributed by atoms with Crippen molar-refractivity contribution in [2.75, 3.05) is 6.61 Å². The van der Waals surface area contributed by atoms with E-state index in [-0.39, 0.29) is 6.61 Å². The zero-order chi connectivity index (χ0) is 13.7. The molecule has 0 aliphatic rings. The van der Waals surface area contributed by atoms with Crippen LogP contribution in [-0.4, -0.2) is 26.7 Å². The largest absolute Gasteiger partial charge is 0.492 e. The zero-order valence-electron chi connectivity index (χ0n) is 11.3. The Kier molecular flexibility index (Phi) is 4.52. The monoisotopic (exact) mass is 261 g/mol. The maximum absolute atomic E-state index is 9.15. The number of aliphatic hydroxyl groups is 1. The molecule has 0 saturated heterocycles. The molecule has 0 aliphatic heterocycles. The van der Waals surface area contributed by atoms with E-state index in [4.69, 9.17) is 9.84 Å². The molecule has 1 aromatic heterocycles. The van der Waals surface area contributed by atoms with Crippen LogP contribution in [-0.2, 0) is 19.6 Å². The first-order chi connectivity index (χ1) is 9.24. The number of nitrogens with zero attached hydrogens (tertiary/aromatic N) is 3. The highest BCUT2D eigenvalue weighted by molar-refractivity contribution is 5.27. The summed E-state index contributed by atoms with van der Waals surface area (Å²) in [6.07, 6.45) is 0.799. The summed E-state index contributed by atoms with van der Waals surface area (Å²) in [6.45, 7) is 5.15. The highest BCUT2D eigenvalue weighted by Gasteiger charge is 2.09. The Labute approximate surface area is 112 Å². The molecule has 0 aliphatic carbocycles. The maximum atomic E-state index is 9.15. The number of aliphatic hydroxyl groups excluding tert-OH is 1. The normalized spacial score (nSPS) is 10.7. The number of ether oxygens (including phenoxy) is 1. The highest BCUT2D eigenvalue weighted by Crippen LogP contribution is 2.12. The molecular formula is C14H19N3O2. The van der Waals surface area contributed by atoms with Gasteiger partial charge in [0, 0.05) is 0 Å². The predicted octanol–water partition coefficient (Wildman–Crippen LogP) is 1.72. The van der Waals surface area contributed by atoms with Gasteiger partial charge in [0.05, 0.1) is 18.8 Å². The van der Waals surface area contributed by atoms with Crippen LogP contribution in [0, 0.1) is 6.92 Å². The van der Waals surface area contributed by atoms with Crippen molar-refractivity contribution in [2.45, 2.75) is 33.4 Å².